The van der Waals surface area contributed by atoms with Gasteiger partial charge in [0.2, 0.25) is 0 Å². The summed E-state index contributed by atoms with van der Waals surface area (Å²) in [7, 11) is 0. The summed E-state index contributed by atoms with van der Waals surface area (Å²) in [5.74, 6) is 0. The van der Waals surface area contributed by atoms with Crippen LogP contribution in [0.3, 0.4) is 0 Å². The van der Waals surface area contributed by atoms with Gasteiger partial charge in [-0.05, 0) is 32.4 Å². The van der Waals surface area contributed by atoms with Crippen LogP contribution in [0.25, 0.3) is 0 Å². The van der Waals surface area contributed by atoms with E-state index in [4.69, 9.17) is 0 Å². The molecular formula is C11H17F3N2. The molecule has 0 aliphatic heterocycles. The van der Waals surface area contributed by atoms with Gasteiger partial charge < -0.3 is 9.88 Å². The van der Waals surface area contributed by atoms with E-state index < -0.39 is 12.7 Å². The lowest BCUT2D eigenvalue weighted by molar-refractivity contribution is -0.125. The maximum absolute atomic E-state index is 11.9. The van der Waals surface area contributed by atoms with Gasteiger partial charge in [-0.15, -0.1) is 0 Å². The lowest BCUT2D eigenvalue weighted by Crippen LogP contribution is -2.28. The predicted octanol–water partition coefficient (Wildman–Crippen LogP) is 2.78. The summed E-state index contributed by atoms with van der Waals surface area (Å²) < 4.78 is 37.9. The van der Waals surface area contributed by atoms with E-state index in [2.05, 4.69) is 9.88 Å². The Bertz CT molecular complexity index is 353. The molecule has 5 heteroatoms. The molecule has 0 saturated carbocycles. The van der Waals surface area contributed by atoms with Crippen LogP contribution in [0.15, 0.2) is 6.07 Å². The van der Waals surface area contributed by atoms with Crippen molar-refractivity contribution >= 4 is 0 Å². The molecule has 0 aromatic carbocycles. The average molecular weight is 234 g/mol. The number of halogens is 3. The van der Waals surface area contributed by atoms with E-state index in [-0.39, 0.29) is 6.54 Å². The molecule has 0 bridgehead atoms. The minimum atomic E-state index is -4.14. The molecule has 1 N–H and O–H groups in total. The molecule has 0 radical (unpaired) electrons. The maximum atomic E-state index is 11.9. The van der Waals surface area contributed by atoms with E-state index >= 15 is 0 Å². The Morgan fingerprint density at radius 2 is 1.94 bits per heavy atom. The summed E-state index contributed by atoms with van der Waals surface area (Å²) >= 11 is 0. The smallest absolute Gasteiger partial charge is 0.349 e. The molecule has 0 atom stereocenters. The quantitative estimate of drug-likeness (QED) is 0.847. The number of nitrogens with zero attached hydrogens (tertiary/aromatic N) is 1. The third-order valence-electron chi connectivity index (χ3n) is 2.64. The van der Waals surface area contributed by atoms with Crippen molar-refractivity contribution in [2.45, 2.75) is 40.0 Å². The minimum absolute atomic E-state index is 0.263. The molecule has 0 spiro atoms. The highest BCUT2D eigenvalue weighted by Crippen LogP contribution is 2.16. The summed E-state index contributed by atoms with van der Waals surface area (Å²) in [6, 6.07) is 1.93. The van der Waals surface area contributed by atoms with Crippen molar-refractivity contribution < 1.29 is 13.2 Å². The molecule has 1 aromatic rings. The van der Waals surface area contributed by atoms with Crippen molar-refractivity contribution in [1.29, 1.82) is 0 Å². The second kappa shape index (κ2) is 4.91. The second-order valence-electron chi connectivity index (χ2n) is 3.86. The molecule has 92 valence electrons. The fraction of sp³-hybridized carbons (Fsp3) is 0.636. The van der Waals surface area contributed by atoms with Gasteiger partial charge >= 0.3 is 6.18 Å². The molecule has 0 aliphatic rings. The van der Waals surface area contributed by atoms with E-state index in [1.165, 1.54) is 0 Å². The number of hydrogen-bond acceptors (Lipinski definition) is 1. The summed E-state index contributed by atoms with van der Waals surface area (Å²) in [5.41, 5.74) is 3.06. The largest absolute Gasteiger partial charge is 0.401 e. The van der Waals surface area contributed by atoms with Gasteiger partial charge in [-0.2, -0.15) is 13.2 Å². The SMILES string of the molecule is CCn1c(C)cc(CNCC(F)(F)F)c1C. The Hall–Kier alpha value is -0.970. The third kappa shape index (κ3) is 3.27. The van der Waals surface area contributed by atoms with Crippen LogP contribution >= 0.6 is 0 Å². The standard InChI is InChI=1S/C11H17F3N2/c1-4-16-8(2)5-10(9(16)3)6-15-7-11(12,13)14/h5,15H,4,6-7H2,1-3H3. The van der Waals surface area contributed by atoms with Crippen molar-refractivity contribution in [2.24, 2.45) is 0 Å². The Balaban J connectivity index is 2.61. The number of aryl methyl sites for hydroxylation is 1. The number of alkyl halides is 3. The number of hydrogen-bond donors (Lipinski definition) is 1. The molecule has 1 heterocycles. The summed E-state index contributed by atoms with van der Waals surface area (Å²) in [6.45, 7) is 6.08. The average Bonchev–Trinajstić information content (AvgIpc) is 2.40. The first-order valence-electron chi connectivity index (χ1n) is 5.28. The molecule has 2 nitrogen and oxygen atoms in total. The van der Waals surface area contributed by atoms with Gasteiger partial charge in [-0.3, -0.25) is 0 Å². The molecule has 0 amide bonds. The first-order chi connectivity index (χ1) is 7.35. The third-order valence-corrected chi connectivity index (χ3v) is 2.64. The Morgan fingerprint density at radius 3 is 2.38 bits per heavy atom. The van der Waals surface area contributed by atoms with Crippen LogP contribution in [0.2, 0.25) is 0 Å². The lowest BCUT2D eigenvalue weighted by Gasteiger charge is -2.09. The van der Waals surface area contributed by atoms with E-state index in [1.807, 2.05) is 26.8 Å². The first-order valence-corrected chi connectivity index (χ1v) is 5.28. The first kappa shape index (κ1) is 13.1. The van der Waals surface area contributed by atoms with Gasteiger partial charge in [0, 0.05) is 24.5 Å². The van der Waals surface area contributed by atoms with Gasteiger partial charge in [0.05, 0.1) is 6.54 Å². The molecule has 0 aliphatic carbocycles. The van der Waals surface area contributed by atoms with Crippen molar-refractivity contribution in [3.05, 3.63) is 23.0 Å². The van der Waals surface area contributed by atoms with Crippen LogP contribution in [0.4, 0.5) is 13.2 Å². The van der Waals surface area contributed by atoms with Gasteiger partial charge in [-0.1, -0.05) is 0 Å². The van der Waals surface area contributed by atoms with Gasteiger partial charge in [0.1, 0.15) is 0 Å². The number of aromatic nitrogens is 1. The number of nitrogens with one attached hydrogen (secondary N) is 1. The topological polar surface area (TPSA) is 17.0 Å². The molecular weight excluding hydrogens is 217 g/mol. The van der Waals surface area contributed by atoms with E-state index in [0.717, 1.165) is 23.5 Å². The van der Waals surface area contributed by atoms with Crippen LogP contribution in [-0.4, -0.2) is 17.3 Å². The summed E-state index contributed by atoms with van der Waals surface area (Å²) in [4.78, 5) is 0. The van der Waals surface area contributed by atoms with E-state index in [0.29, 0.717) is 0 Å². The van der Waals surface area contributed by atoms with Crippen LogP contribution in [0.5, 0.6) is 0 Å². The zero-order chi connectivity index (χ0) is 12.3. The molecule has 0 saturated heterocycles. The highest BCUT2D eigenvalue weighted by molar-refractivity contribution is 5.26. The summed E-state index contributed by atoms with van der Waals surface area (Å²) in [5, 5.41) is 2.41. The fourth-order valence-electron chi connectivity index (χ4n) is 1.88. The van der Waals surface area contributed by atoms with Crippen LogP contribution in [0, 0.1) is 13.8 Å². The van der Waals surface area contributed by atoms with Crippen LogP contribution < -0.4 is 5.32 Å². The van der Waals surface area contributed by atoms with Crippen molar-refractivity contribution in [2.75, 3.05) is 6.54 Å². The normalized spacial score (nSPS) is 12.1. The number of rotatable bonds is 4. The zero-order valence-electron chi connectivity index (χ0n) is 9.78. The van der Waals surface area contributed by atoms with Crippen molar-refractivity contribution in [1.82, 2.24) is 9.88 Å². The Morgan fingerprint density at radius 1 is 1.31 bits per heavy atom. The van der Waals surface area contributed by atoms with E-state index in [1.54, 1.807) is 0 Å². The zero-order valence-corrected chi connectivity index (χ0v) is 9.78. The molecule has 0 unspecified atom stereocenters. The highest BCUT2D eigenvalue weighted by Gasteiger charge is 2.26. The van der Waals surface area contributed by atoms with Crippen LogP contribution in [0.1, 0.15) is 23.9 Å². The molecule has 16 heavy (non-hydrogen) atoms. The summed E-state index contributed by atoms with van der Waals surface area (Å²) in [6.07, 6.45) is -4.14. The Labute approximate surface area is 93.5 Å². The van der Waals surface area contributed by atoms with Crippen molar-refractivity contribution in [3.8, 4) is 0 Å². The van der Waals surface area contributed by atoms with E-state index in [9.17, 15) is 13.2 Å². The molecule has 1 aromatic heterocycles. The highest BCUT2D eigenvalue weighted by atomic mass is 19.4. The van der Waals surface area contributed by atoms with Crippen LogP contribution in [-0.2, 0) is 13.1 Å². The minimum Gasteiger partial charge on any atom is -0.349 e. The Kier molecular flexibility index (Phi) is 4.02. The fourth-order valence-corrected chi connectivity index (χ4v) is 1.88. The second-order valence-corrected chi connectivity index (χ2v) is 3.86. The molecule has 0 fully saturated rings. The van der Waals surface area contributed by atoms with Gasteiger partial charge in [0.15, 0.2) is 0 Å². The van der Waals surface area contributed by atoms with Gasteiger partial charge in [-0.25, -0.2) is 0 Å². The predicted molar refractivity (Wildman–Crippen MR) is 57.3 cm³/mol. The lowest BCUT2D eigenvalue weighted by atomic mass is 10.2. The molecule has 1 rings (SSSR count). The van der Waals surface area contributed by atoms with Crippen molar-refractivity contribution in [3.63, 3.8) is 0 Å². The maximum Gasteiger partial charge on any atom is 0.401 e. The van der Waals surface area contributed by atoms with Gasteiger partial charge in [0.25, 0.3) is 0 Å². The monoisotopic (exact) mass is 234 g/mol.